The third-order valence-corrected chi connectivity index (χ3v) is 3.30. The Hall–Kier alpha value is -2.40. The molecule has 0 bridgehead atoms. The van der Waals surface area contributed by atoms with Gasteiger partial charge in [-0.1, -0.05) is 17.7 Å². The minimum absolute atomic E-state index is 0.0108. The van der Waals surface area contributed by atoms with Crippen LogP contribution in [0.5, 0.6) is 0 Å². The molecule has 0 radical (unpaired) electrons. The highest BCUT2D eigenvalue weighted by molar-refractivity contribution is 6.34. The maximum atomic E-state index is 13.3. The molecule has 0 aliphatic carbocycles. The lowest BCUT2D eigenvalue weighted by Gasteiger charge is -2.09. The smallest absolute Gasteiger partial charge is 0.335 e. The third kappa shape index (κ3) is 3.20. The number of nitrogens with one attached hydrogen (secondary N) is 1. The Morgan fingerprint density at radius 2 is 1.90 bits per heavy atom. The molecule has 2 aromatic carbocycles. The summed E-state index contributed by atoms with van der Waals surface area (Å²) in [7, 11) is 0. The van der Waals surface area contributed by atoms with E-state index in [0.717, 1.165) is 6.07 Å². The van der Waals surface area contributed by atoms with Crippen molar-refractivity contribution < 1.29 is 19.1 Å². The van der Waals surface area contributed by atoms with Gasteiger partial charge in [0.2, 0.25) is 0 Å². The van der Waals surface area contributed by atoms with Gasteiger partial charge in [-0.3, -0.25) is 4.79 Å². The van der Waals surface area contributed by atoms with Crippen LogP contribution in [0.15, 0.2) is 36.4 Å². The molecule has 6 heteroatoms. The third-order valence-electron chi connectivity index (χ3n) is 2.91. The number of aromatic carboxylic acids is 1. The van der Waals surface area contributed by atoms with Gasteiger partial charge < -0.3 is 10.4 Å². The predicted molar refractivity (Wildman–Crippen MR) is 77.5 cm³/mol. The first-order valence-electron chi connectivity index (χ1n) is 5.99. The van der Waals surface area contributed by atoms with Gasteiger partial charge in [0.05, 0.1) is 16.1 Å². The Balaban J connectivity index is 2.26. The van der Waals surface area contributed by atoms with E-state index in [1.807, 2.05) is 0 Å². The van der Waals surface area contributed by atoms with Crippen molar-refractivity contribution in [3.05, 3.63) is 63.9 Å². The summed E-state index contributed by atoms with van der Waals surface area (Å²) in [4.78, 5) is 23.0. The Morgan fingerprint density at radius 1 is 1.19 bits per heavy atom. The molecular formula is C15H11ClFNO3. The van der Waals surface area contributed by atoms with Crippen LogP contribution in [0.25, 0.3) is 0 Å². The van der Waals surface area contributed by atoms with Crippen LogP contribution < -0.4 is 5.32 Å². The van der Waals surface area contributed by atoms with Crippen LogP contribution in [0, 0.1) is 12.7 Å². The van der Waals surface area contributed by atoms with Crippen LogP contribution in [-0.2, 0) is 0 Å². The van der Waals surface area contributed by atoms with Crippen molar-refractivity contribution in [1.29, 1.82) is 0 Å². The number of rotatable bonds is 3. The first-order valence-corrected chi connectivity index (χ1v) is 6.37. The predicted octanol–water partition coefficient (Wildman–Crippen LogP) is 3.74. The molecular weight excluding hydrogens is 297 g/mol. The number of aryl methyl sites for hydroxylation is 1. The second-order valence-electron chi connectivity index (χ2n) is 4.39. The van der Waals surface area contributed by atoms with Gasteiger partial charge in [-0.15, -0.1) is 0 Å². The number of carbonyl (C=O) groups excluding carboxylic acids is 1. The van der Waals surface area contributed by atoms with Gasteiger partial charge in [0.15, 0.2) is 0 Å². The highest BCUT2D eigenvalue weighted by Gasteiger charge is 2.14. The number of carbonyl (C=O) groups is 2. The molecule has 4 nitrogen and oxygen atoms in total. The molecule has 0 saturated carbocycles. The molecule has 0 unspecified atom stereocenters. The first-order chi connectivity index (χ1) is 9.90. The first kappa shape index (κ1) is 15.0. The molecule has 1 amide bonds. The summed E-state index contributed by atoms with van der Waals surface area (Å²) in [5.41, 5.74) is 1.07. The highest BCUT2D eigenvalue weighted by atomic mass is 35.5. The number of halogens is 2. The fourth-order valence-electron chi connectivity index (χ4n) is 1.86. The van der Waals surface area contributed by atoms with Gasteiger partial charge >= 0.3 is 5.97 Å². The highest BCUT2D eigenvalue weighted by Crippen LogP contribution is 2.22. The van der Waals surface area contributed by atoms with Crippen LogP contribution in [0.4, 0.5) is 10.1 Å². The Kier molecular flexibility index (Phi) is 4.23. The lowest BCUT2D eigenvalue weighted by Crippen LogP contribution is -2.13. The van der Waals surface area contributed by atoms with Gasteiger partial charge in [0, 0.05) is 5.69 Å². The van der Waals surface area contributed by atoms with E-state index in [9.17, 15) is 14.0 Å². The van der Waals surface area contributed by atoms with E-state index in [1.54, 1.807) is 6.92 Å². The standard InChI is InChI=1S/C15H11ClFNO3/c1-8-7-9(5-6-10(8)15(20)21)18-14(19)11-3-2-4-12(17)13(11)16/h2-7H,1H3,(H,18,19)(H,20,21). The van der Waals surface area contributed by atoms with Crippen molar-refractivity contribution in [2.24, 2.45) is 0 Å². The molecule has 21 heavy (non-hydrogen) atoms. The number of benzene rings is 2. The van der Waals surface area contributed by atoms with Gasteiger partial charge in [-0.05, 0) is 42.8 Å². The molecule has 0 aromatic heterocycles. The van der Waals surface area contributed by atoms with E-state index in [1.165, 1.54) is 30.3 Å². The maximum absolute atomic E-state index is 13.3. The Morgan fingerprint density at radius 3 is 2.52 bits per heavy atom. The molecule has 108 valence electrons. The van der Waals surface area contributed by atoms with Crippen molar-refractivity contribution in [2.75, 3.05) is 5.32 Å². The SMILES string of the molecule is Cc1cc(NC(=O)c2cccc(F)c2Cl)ccc1C(=O)O. The van der Waals surface area contributed by atoms with Crippen molar-refractivity contribution in [1.82, 2.24) is 0 Å². The normalized spacial score (nSPS) is 10.2. The zero-order valence-corrected chi connectivity index (χ0v) is 11.7. The van der Waals surface area contributed by atoms with E-state index >= 15 is 0 Å². The van der Waals surface area contributed by atoms with Crippen molar-refractivity contribution in [3.8, 4) is 0 Å². The zero-order chi connectivity index (χ0) is 15.6. The summed E-state index contributed by atoms with van der Waals surface area (Å²) in [5.74, 6) is -2.29. The van der Waals surface area contributed by atoms with Crippen molar-refractivity contribution >= 4 is 29.2 Å². The Labute approximate surface area is 125 Å². The molecule has 2 N–H and O–H groups in total. The van der Waals surface area contributed by atoms with Crippen LogP contribution in [-0.4, -0.2) is 17.0 Å². The van der Waals surface area contributed by atoms with E-state index in [0.29, 0.717) is 11.3 Å². The second kappa shape index (κ2) is 5.93. The second-order valence-corrected chi connectivity index (χ2v) is 4.77. The summed E-state index contributed by atoms with van der Waals surface area (Å²) in [5, 5.41) is 11.2. The van der Waals surface area contributed by atoms with Crippen LogP contribution >= 0.6 is 11.6 Å². The van der Waals surface area contributed by atoms with E-state index in [2.05, 4.69) is 5.32 Å². The number of hydrogen-bond acceptors (Lipinski definition) is 2. The minimum Gasteiger partial charge on any atom is -0.478 e. The average molecular weight is 308 g/mol. The summed E-state index contributed by atoms with van der Waals surface area (Å²) >= 11 is 5.74. The van der Waals surface area contributed by atoms with Gasteiger partial charge in [0.1, 0.15) is 5.82 Å². The van der Waals surface area contributed by atoms with Crippen LogP contribution in [0.1, 0.15) is 26.3 Å². The van der Waals surface area contributed by atoms with Gasteiger partial charge in [-0.2, -0.15) is 0 Å². The molecule has 0 fully saturated rings. The summed E-state index contributed by atoms with van der Waals surface area (Å²) < 4.78 is 13.3. The lowest BCUT2D eigenvalue weighted by atomic mass is 10.1. The number of amides is 1. The quantitative estimate of drug-likeness (QED) is 0.907. The van der Waals surface area contributed by atoms with Gasteiger partial charge in [0.25, 0.3) is 5.91 Å². The summed E-state index contributed by atoms with van der Waals surface area (Å²) in [6, 6.07) is 8.32. The Bertz CT molecular complexity index is 731. The number of carboxylic acid groups (broad SMARTS) is 1. The molecule has 0 saturated heterocycles. The molecule has 0 heterocycles. The summed E-state index contributed by atoms with van der Waals surface area (Å²) in [6.45, 7) is 1.62. The molecule has 0 atom stereocenters. The fraction of sp³-hybridized carbons (Fsp3) is 0.0667. The number of anilines is 1. The molecule has 0 aliphatic rings. The molecule has 2 rings (SSSR count). The van der Waals surface area contributed by atoms with Crippen LogP contribution in [0.2, 0.25) is 5.02 Å². The zero-order valence-electron chi connectivity index (χ0n) is 11.0. The topological polar surface area (TPSA) is 66.4 Å². The monoisotopic (exact) mass is 307 g/mol. The van der Waals surface area contributed by atoms with E-state index in [-0.39, 0.29) is 16.1 Å². The number of carboxylic acids is 1. The lowest BCUT2D eigenvalue weighted by molar-refractivity contribution is 0.0696. The van der Waals surface area contributed by atoms with Crippen LogP contribution in [0.3, 0.4) is 0 Å². The van der Waals surface area contributed by atoms with E-state index in [4.69, 9.17) is 16.7 Å². The van der Waals surface area contributed by atoms with Crippen molar-refractivity contribution in [2.45, 2.75) is 6.92 Å². The largest absolute Gasteiger partial charge is 0.478 e. The maximum Gasteiger partial charge on any atom is 0.335 e. The molecule has 0 aliphatic heterocycles. The fourth-order valence-corrected chi connectivity index (χ4v) is 2.07. The van der Waals surface area contributed by atoms with Gasteiger partial charge in [-0.25, -0.2) is 9.18 Å². The van der Waals surface area contributed by atoms with E-state index < -0.39 is 17.7 Å². The van der Waals surface area contributed by atoms with Crippen molar-refractivity contribution in [3.63, 3.8) is 0 Å². The average Bonchev–Trinajstić information content (AvgIpc) is 2.41. The molecule has 2 aromatic rings. The number of hydrogen-bond donors (Lipinski definition) is 2. The molecule has 0 spiro atoms. The summed E-state index contributed by atoms with van der Waals surface area (Å²) in [6.07, 6.45) is 0. The minimum atomic E-state index is -1.04.